The van der Waals surface area contributed by atoms with E-state index in [1.165, 1.54) is 5.56 Å². The van der Waals surface area contributed by atoms with Crippen molar-refractivity contribution in [2.45, 2.75) is 13.3 Å². The van der Waals surface area contributed by atoms with Gasteiger partial charge in [-0.15, -0.1) is 0 Å². The first-order chi connectivity index (χ1) is 7.76. The van der Waals surface area contributed by atoms with Crippen molar-refractivity contribution in [2.75, 3.05) is 24.7 Å². The van der Waals surface area contributed by atoms with E-state index in [0.717, 1.165) is 12.2 Å². The first-order valence-corrected chi connectivity index (χ1v) is 7.02. The van der Waals surface area contributed by atoms with Crippen molar-refractivity contribution in [1.82, 2.24) is 0 Å². The molecule has 90 valence electrons. The maximum atomic E-state index is 11.2. The molecule has 1 aromatic carbocycles. The van der Waals surface area contributed by atoms with Crippen molar-refractivity contribution in [1.29, 1.82) is 0 Å². The Hall–Kier alpha value is -0.870. The van der Waals surface area contributed by atoms with Gasteiger partial charge in [0.1, 0.15) is 5.75 Å². The topological polar surface area (TPSA) is 52.3 Å². The Kier molecular flexibility index (Phi) is 6.11. The average molecular weight is 241 g/mol. The lowest BCUT2D eigenvalue weighted by Gasteiger charge is -2.06. The summed E-state index contributed by atoms with van der Waals surface area (Å²) in [7, 11) is -0.750. The number of hydrogen-bond donors (Lipinski definition) is 1. The second-order valence-corrected chi connectivity index (χ2v) is 5.33. The van der Waals surface area contributed by atoms with E-state index >= 15 is 0 Å². The molecule has 0 amide bonds. The molecule has 0 radical (unpaired) electrons. The van der Waals surface area contributed by atoms with Crippen LogP contribution in [0.4, 0.5) is 0 Å². The predicted molar refractivity (Wildman–Crippen MR) is 68.2 cm³/mol. The fraction of sp³-hybridized carbons (Fsp3) is 0.500. The Morgan fingerprint density at radius 1 is 1.31 bits per heavy atom. The van der Waals surface area contributed by atoms with E-state index in [2.05, 4.69) is 0 Å². The molecule has 0 saturated carbocycles. The maximum Gasteiger partial charge on any atom is 0.119 e. The fourth-order valence-corrected chi connectivity index (χ4v) is 1.87. The smallest absolute Gasteiger partial charge is 0.119 e. The van der Waals surface area contributed by atoms with Crippen LogP contribution in [0.25, 0.3) is 0 Å². The Morgan fingerprint density at radius 2 is 2.00 bits per heavy atom. The van der Waals surface area contributed by atoms with Crippen molar-refractivity contribution < 1.29 is 8.95 Å². The van der Waals surface area contributed by atoms with E-state index < -0.39 is 10.8 Å². The first kappa shape index (κ1) is 13.2. The van der Waals surface area contributed by atoms with Gasteiger partial charge >= 0.3 is 0 Å². The predicted octanol–water partition coefficient (Wildman–Crippen LogP) is 1.34. The number of nitrogens with two attached hydrogens (primary N) is 1. The Bertz CT molecular complexity index is 324. The molecule has 1 unspecified atom stereocenters. The normalized spacial score (nSPS) is 12.4. The molecule has 0 aromatic heterocycles. The second kappa shape index (κ2) is 7.41. The molecule has 1 aromatic rings. The van der Waals surface area contributed by atoms with Gasteiger partial charge in [0.2, 0.25) is 0 Å². The molecule has 1 atom stereocenters. The monoisotopic (exact) mass is 241 g/mol. The van der Waals surface area contributed by atoms with E-state index in [1.54, 1.807) is 0 Å². The minimum Gasteiger partial charge on any atom is -0.493 e. The van der Waals surface area contributed by atoms with Crippen molar-refractivity contribution in [3.63, 3.8) is 0 Å². The standard InChI is InChI=1S/C12H19NO2S/c1-2-16(14)10-9-15-12-5-3-11(4-6-12)7-8-13/h3-6H,2,7-10,13H2,1H3. The van der Waals surface area contributed by atoms with Gasteiger partial charge in [0.25, 0.3) is 0 Å². The molecule has 0 spiro atoms. The third kappa shape index (κ3) is 4.77. The zero-order valence-corrected chi connectivity index (χ0v) is 10.5. The zero-order valence-electron chi connectivity index (χ0n) is 9.65. The van der Waals surface area contributed by atoms with Crippen molar-refractivity contribution in [2.24, 2.45) is 5.73 Å². The minimum absolute atomic E-state index is 0.511. The number of hydrogen-bond acceptors (Lipinski definition) is 3. The molecule has 0 aliphatic rings. The van der Waals surface area contributed by atoms with Crippen LogP contribution in [0.2, 0.25) is 0 Å². The lowest BCUT2D eigenvalue weighted by Crippen LogP contribution is -2.09. The molecular formula is C12H19NO2S. The van der Waals surface area contributed by atoms with E-state index in [1.807, 2.05) is 31.2 Å². The largest absolute Gasteiger partial charge is 0.493 e. The van der Waals surface area contributed by atoms with Gasteiger partial charge in [0.15, 0.2) is 0 Å². The van der Waals surface area contributed by atoms with E-state index in [-0.39, 0.29) is 0 Å². The van der Waals surface area contributed by atoms with Crippen LogP contribution in [-0.2, 0) is 17.2 Å². The van der Waals surface area contributed by atoms with Gasteiger partial charge < -0.3 is 10.5 Å². The van der Waals surface area contributed by atoms with Crippen molar-refractivity contribution >= 4 is 10.8 Å². The van der Waals surface area contributed by atoms with Crippen LogP contribution in [0.1, 0.15) is 12.5 Å². The molecule has 16 heavy (non-hydrogen) atoms. The summed E-state index contributed by atoms with van der Waals surface area (Å²) in [5.74, 6) is 2.12. The molecule has 2 N–H and O–H groups in total. The summed E-state index contributed by atoms with van der Waals surface area (Å²) >= 11 is 0. The molecule has 0 saturated heterocycles. The molecule has 0 fully saturated rings. The summed E-state index contributed by atoms with van der Waals surface area (Å²) in [6, 6.07) is 7.89. The van der Waals surface area contributed by atoms with Crippen LogP contribution in [0.5, 0.6) is 5.75 Å². The van der Waals surface area contributed by atoms with Crippen LogP contribution in [0.3, 0.4) is 0 Å². The second-order valence-electron chi connectivity index (χ2n) is 3.46. The highest BCUT2D eigenvalue weighted by atomic mass is 32.2. The van der Waals surface area contributed by atoms with Gasteiger partial charge in [-0.05, 0) is 30.7 Å². The molecule has 4 heteroatoms. The highest BCUT2D eigenvalue weighted by molar-refractivity contribution is 7.84. The van der Waals surface area contributed by atoms with Crippen LogP contribution in [0.15, 0.2) is 24.3 Å². The summed E-state index contributed by atoms with van der Waals surface area (Å²) < 4.78 is 16.6. The highest BCUT2D eigenvalue weighted by Gasteiger charge is 1.98. The molecule has 0 heterocycles. The summed E-state index contributed by atoms with van der Waals surface area (Å²) in [5, 5.41) is 0. The molecule has 3 nitrogen and oxygen atoms in total. The van der Waals surface area contributed by atoms with Gasteiger partial charge in [-0.25, -0.2) is 0 Å². The Morgan fingerprint density at radius 3 is 2.56 bits per heavy atom. The van der Waals surface area contributed by atoms with Gasteiger partial charge in [0, 0.05) is 16.6 Å². The number of benzene rings is 1. The lowest BCUT2D eigenvalue weighted by atomic mass is 10.1. The van der Waals surface area contributed by atoms with E-state index in [4.69, 9.17) is 10.5 Å². The molecule has 1 rings (SSSR count). The zero-order chi connectivity index (χ0) is 11.8. The van der Waals surface area contributed by atoms with Gasteiger partial charge in [-0.1, -0.05) is 19.1 Å². The van der Waals surface area contributed by atoms with E-state index in [9.17, 15) is 4.21 Å². The van der Waals surface area contributed by atoms with Crippen molar-refractivity contribution in [3.05, 3.63) is 29.8 Å². The third-order valence-corrected chi connectivity index (χ3v) is 3.52. The average Bonchev–Trinajstić information content (AvgIpc) is 2.31. The third-order valence-electron chi connectivity index (χ3n) is 2.26. The van der Waals surface area contributed by atoms with Crippen LogP contribution in [-0.4, -0.2) is 28.9 Å². The summed E-state index contributed by atoms with van der Waals surface area (Å²) in [6.07, 6.45) is 0.889. The lowest BCUT2D eigenvalue weighted by molar-refractivity contribution is 0.342. The summed E-state index contributed by atoms with van der Waals surface area (Å²) in [4.78, 5) is 0. The van der Waals surface area contributed by atoms with Gasteiger partial charge in [0.05, 0.1) is 12.4 Å². The SMILES string of the molecule is CCS(=O)CCOc1ccc(CCN)cc1. The summed E-state index contributed by atoms with van der Waals surface area (Å²) in [5.41, 5.74) is 6.68. The molecular weight excluding hydrogens is 222 g/mol. The highest BCUT2D eigenvalue weighted by Crippen LogP contribution is 2.12. The van der Waals surface area contributed by atoms with E-state index in [0.29, 0.717) is 24.7 Å². The first-order valence-electron chi connectivity index (χ1n) is 5.53. The van der Waals surface area contributed by atoms with Gasteiger partial charge in [-0.2, -0.15) is 0 Å². The number of rotatable bonds is 7. The Labute approximate surface area is 99.4 Å². The quantitative estimate of drug-likeness (QED) is 0.783. The van der Waals surface area contributed by atoms with Crippen LogP contribution < -0.4 is 10.5 Å². The molecule has 0 aliphatic carbocycles. The molecule has 0 aliphatic heterocycles. The molecule has 0 bridgehead atoms. The summed E-state index contributed by atoms with van der Waals surface area (Å²) in [6.45, 7) is 3.09. The Balaban J connectivity index is 2.34. The van der Waals surface area contributed by atoms with Crippen molar-refractivity contribution in [3.8, 4) is 5.75 Å². The van der Waals surface area contributed by atoms with Crippen LogP contribution >= 0.6 is 0 Å². The number of ether oxygens (including phenoxy) is 1. The van der Waals surface area contributed by atoms with Crippen LogP contribution in [0, 0.1) is 0 Å². The fourth-order valence-electron chi connectivity index (χ4n) is 1.32. The maximum absolute atomic E-state index is 11.2. The minimum atomic E-state index is -0.750. The van der Waals surface area contributed by atoms with Gasteiger partial charge in [-0.3, -0.25) is 4.21 Å².